The van der Waals surface area contributed by atoms with Crippen LogP contribution in [0.25, 0.3) is 0 Å². The van der Waals surface area contributed by atoms with Crippen LogP contribution in [0.15, 0.2) is 30.6 Å². The molecule has 2 aliphatic carbocycles. The molecule has 1 aromatic heterocycles. The first-order valence-corrected chi connectivity index (χ1v) is 9.14. The fourth-order valence-electron chi connectivity index (χ4n) is 3.72. The molecule has 2 saturated carbocycles. The highest BCUT2D eigenvalue weighted by Gasteiger charge is 2.34. The molecule has 0 aliphatic heterocycles. The highest BCUT2D eigenvalue weighted by atomic mass is 16.1. The number of nitrogens with zero attached hydrogens (tertiary/aromatic N) is 4. The van der Waals surface area contributed by atoms with E-state index in [9.17, 15) is 4.79 Å². The van der Waals surface area contributed by atoms with E-state index in [0.29, 0.717) is 24.2 Å². The molecule has 2 atom stereocenters. The van der Waals surface area contributed by atoms with Crippen LogP contribution in [0.2, 0.25) is 0 Å². The van der Waals surface area contributed by atoms with Crippen LogP contribution < -0.4 is 10.6 Å². The van der Waals surface area contributed by atoms with Crippen LogP contribution in [-0.2, 0) is 6.54 Å². The van der Waals surface area contributed by atoms with Crippen molar-refractivity contribution in [1.82, 2.24) is 30.8 Å². The molecule has 2 N–H and O–H groups in total. The van der Waals surface area contributed by atoms with Crippen molar-refractivity contribution in [1.29, 1.82) is 0 Å². The number of tetrazole rings is 1. The van der Waals surface area contributed by atoms with Gasteiger partial charge in [-0.15, -0.1) is 5.10 Å². The monoisotopic (exact) mass is 340 g/mol. The van der Waals surface area contributed by atoms with Crippen molar-refractivity contribution in [2.24, 2.45) is 0 Å². The van der Waals surface area contributed by atoms with E-state index >= 15 is 0 Å². The zero-order valence-electron chi connectivity index (χ0n) is 14.3. The number of aromatic nitrogens is 4. The average Bonchev–Trinajstić information content (AvgIpc) is 3.31. The molecule has 1 heterocycles. The van der Waals surface area contributed by atoms with Crippen molar-refractivity contribution < 1.29 is 4.79 Å². The van der Waals surface area contributed by atoms with Gasteiger partial charge in [0, 0.05) is 23.7 Å². The van der Waals surface area contributed by atoms with E-state index in [1.165, 1.54) is 25.7 Å². The van der Waals surface area contributed by atoms with Gasteiger partial charge >= 0.3 is 0 Å². The number of rotatable bonds is 6. The number of hydrogen-bond donors (Lipinski definition) is 2. The summed E-state index contributed by atoms with van der Waals surface area (Å²) in [5, 5.41) is 18.0. The third-order valence-electron chi connectivity index (χ3n) is 5.35. The molecular formula is C18H24N6O. The van der Waals surface area contributed by atoms with Crippen LogP contribution in [0.5, 0.6) is 0 Å². The second kappa shape index (κ2) is 7.31. The summed E-state index contributed by atoms with van der Waals surface area (Å²) in [6, 6.07) is 8.98. The van der Waals surface area contributed by atoms with E-state index in [0.717, 1.165) is 18.4 Å². The second-order valence-electron chi connectivity index (χ2n) is 7.12. The molecule has 2 aliphatic rings. The molecule has 1 aromatic carbocycles. The molecule has 0 radical (unpaired) electrons. The fourth-order valence-corrected chi connectivity index (χ4v) is 3.72. The van der Waals surface area contributed by atoms with Crippen LogP contribution >= 0.6 is 0 Å². The Bertz CT molecular complexity index is 693. The number of carbonyl (C=O) groups excluding carboxylic acids is 1. The zero-order valence-corrected chi connectivity index (χ0v) is 14.3. The van der Waals surface area contributed by atoms with Gasteiger partial charge in [-0.05, 0) is 53.8 Å². The largest absolute Gasteiger partial charge is 0.348 e. The molecule has 132 valence electrons. The summed E-state index contributed by atoms with van der Waals surface area (Å²) in [6.07, 6.45) is 9.02. The van der Waals surface area contributed by atoms with E-state index in [4.69, 9.17) is 0 Å². The molecule has 0 bridgehead atoms. The van der Waals surface area contributed by atoms with Crippen LogP contribution in [0.1, 0.15) is 54.4 Å². The normalized spacial score (nSPS) is 23.4. The fraction of sp³-hybridized carbons (Fsp3) is 0.556. The Labute approximate surface area is 147 Å². The van der Waals surface area contributed by atoms with E-state index in [2.05, 4.69) is 26.2 Å². The highest BCUT2D eigenvalue weighted by molar-refractivity contribution is 5.94. The highest BCUT2D eigenvalue weighted by Crippen LogP contribution is 2.25. The third kappa shape index (κ3) is 3.87. The van der Waals surface area contributed by atoms with Crippen molar-refractivity contribution >= 4 is 5.91 Å². The van der Waals surface area contributed by atoms with Crippen molar-refractivity contribution in [3.8, 4) is 0 Å². The molecule has 2 fully saturated rings. The minimum absolute atomic E-state index is 0.0110. The maximum atomic E-state index is 12.5. The van der Waals surface area contributed by atoms with Gasteiger partial charge in [0.1, 0.15) is 6.33 Å². The molecule has 2 aromatic rings. The number of benzene rings is 1. The Morgan fingerprint density at radius 2 is 1.84 bits per heavy atom. The second-order valence-corrected chi connectivity index (χ2v) is 7.12. The summed E-state index contributed by atoms with van der Waals surface area (Å²) in [5.41, 5.74) is 1.76. The standard InChI is InChI=1S/C18H24N6O/c25-18(21-17-10-9-16(17)20-15-3-1-2-4-15)14-7-5-13(6-8-14)11-24-12-19-22-23-24/h5-8,12,15-17,20H,1-4,9-11H2,(H,21,25)/t16-,17+/m0/s1. The first kappa shape index (κ1) is 16.2. The molecule has 4 rings (SSSR count). The Balaban J connectivity index is 1.30. The van der Waals surface area contributed by atoms with Gasteiger partial charge in [-0.3, -0.25) is 4.79 Å². The lowest BCUT2D eigenvalue weighted by Gasteiger charge is -2.39. The minimum Gasteiger partial charge on any atom is -0.348 e. The van der Waals surface area contributed by atoms with Crippen LogP contribution in [-0.4, -0.2) is 44.2 Å². The molecule has 0 spiro atoms. The lowest BCUT2D eigenvalue weighted by molar-refractivity contribution is 0.0889. The van der Waals surface area contributed by atoms with E-state index in [1.807, 2.05) is 24.3 Å². The van der Waals surface area contributed by atoms with Gasteiger partial charge in [0.25, 0.3) is 5.91 Å². The number of hydrogen-bond acceptors (Lipinski definition) is 5. The first-order valence-electron chi connectivity index (χ1n) is 9.14. The summed E-state index contributed by atoms with van der Waals surface area (Å²) in [6.45, 7) is 0.602. The summed E-state index contributed by atoms with van der Waals surface area (Å²) in [7, 11) is 0. The van der Waals surface area contributed by atoms with Crippen molar-refractivity contribution in [2.45, 2.75) is 63.2 Å². The number of amides is 1. The van der Waals surface area contributed by atoms with Crippen LogP contribution in [0.3, 0.4) is 0 Å². The molecule has 7 nitrogen and oxygen atoms in total. The summed E-state index contributed by atoms with van der Waals surface area (Å²) in [5.74, 6) is 0.0110. The molecule has 0 unspecified atom stereocenters. The molecular weight excluding hydrogens is 316 g/mol. The van der Waals surface area contributed by atoms with Gasteiger partial charge in [0.05, 0.1) is 6.54 Å². The molecule has 25 heavy (non-hydrogen) atoms. The molecule has 0 saturated heterocycles. The molecule has 1 amide bonds. The molecule has 7 heteroatoms. The third-order valence-corrected chi connectivity index (χ3v) is 5.35. The smallest absolute Gasteiger partial charge is 0.251 e. The van der Waals surface area contributed by atoms with Crippen molar-refractivity contribution in [2.75, 3.05) is 0 Å². The van der Waals surface area contributed by atoms with Gasteiger partial charge in [0.2, 0.25) is 0 Å². The Hall–Kier alpha value is -2.28. The maximum Gasteiger partial charge on any atom is 0.251 e. The van der Waals surface area contributed by atoms with Gasteiger partial charge < -0.3 is 10.6 Å². The van der Waals surface area contributed by atoms with Crippen LogP contribution in [0, 0.1) is 0 Å². The van der Waals surface area contributed by atoms with E-state index < -0.39 is 0 Å². The summed E-state index contributed by atoms with van der Waals surface area (Å²) >= 11 is 0. The Morgan fingerprint density at radius 1 is 1.08 bits per heavy atom. The zero-order chi connectivity index (χ0) is 17.1. The SMILES string of the molecule is O=C(N[C@@H]1CC[C@@H]1NC1CCCC1)c1ccc(Cn2cnnn2)cc1. The van der Waals surface area contributed by atoms with E-state index in [-0.39, 0.29) is 11.9 Å². The van der Waals surface area contributed by atoms with E-state index in [1.54, 1.807) is 11.0 Å². The number of carbonyl (C=O) groups is 1. The lowest BCUT2D eigenvalue weighted by Crippen LogP contribution is -2.58. The Morgan fingerprint density at radius 3 is 2.48 bits per heavy atom. The van der Waals surface area contributed by atoms with Gasteiger partial charge in [-0.1, -0.05) is 25.0 Å². The minimum atomic E-state index is 0.0110. The van der Waals surface area contributed by atoms with Crippen molar-refractivity contribution in [3.05, 3.63) is 41.7 Å². The average molecular weight is 340 g/mol. The van der Waals surface area contributed by atoms with Crippen LogP contribution in [0.4, 0.5) is 0 Å². The van der Waals surface area contributed by atoms with Gasteiger partial charge in [0.15, 0.2) is 0 Å². The topological polar surface area (TPSA) is 84.7 Å². The Kier molecular flexibility index (Phi) is 4.74. The first-order chi connectivity index (χ1) is 12.3. The predicted octanol–water partition coefficient (Wildman–Crippen LogP) is 1.51. The predicted molar refractivity (Wildman–Crippen MR) is 93.0 cm³/mol. The lowest BCUT2D eigenvalue weighted by atomic mass is 9.85. The van der Waals surface area contributed by atoms with Gasteiger partial charge in [-0.25, -0.2) is 4.68 Å². The van der Waals surface area contributed by atoms with Crippen molar-refractivity contribution in [3.63, 3.8) is 0 Å². The summed E-state index contributed by atoms with van der Waals surface area (Å²) in [4.78, 5) is 12.5. The maximum absolute atomic E-state index is 12.5. The van der Waals surface area contributed by atoms with Gasteiger partial charge in [-0.2, -0.15) is 0 Å². The quantitative estimate of drug-likeness (QED) is 0.833. The summed E-state index contributed by atoms with van der Waals surface area (Å²) < 4.78 is 1.66. The number of nitrogens with one attached hydrogen (secondary N) is 2.